The van der Waals surface area contributed by atoms with Crippen LogP contribution in [0.3, 0.4) is 0 Å². The Morgan fingerprint density at radius 2 is 1.00 bits per heavy atom. The molecular formula is C30H46N8O6. The van der Waals surface area contributed by atoms with Crippen molar-refractivity contribution in [3.63, 3.8) is 0 Å². The number of aromatic hydroxyl groups is 2. The van der Waals surface area contributed by atoms with Crippen molar-refractivity contribution in [1.82, 2.24) is 9.13 Å². The largest absolute Gasteiger partial charge is 0.494 e. The van der Waals surface area contributed by atoms with Crippen molar-refractivity contribution in [2.24, 2.45) is 31.9 Å². The van der Waals surface area contributed by atoms with Gasteiger partial charge in [-0.25, -0.2) is 0 Å². The second kappa shape index (κ2) is 17.7. The number of hydrogen-bond acceptors (Lipinski definition) is 10. The topological polar surface area (TPSA) is 220 Å². The van der Waals surface area contributed by atoms with Gasteiger partial charge in [0, 0.05) is 24.2 Å². The standard InChI is InChI=1S/C30H46N8O6/c1-5-7-11-15-33-35-23-19(3)21(25(31)39)27(41)37(29(23)43)17-13-9-10-14-18-38-28(42)22(26(32)40)20(4)24(30(38)44)36-34-16-12-8-6-2/h41-42H,5-18H2,1-4H3,(H2,31,39)(H2,32,40). The fraction of sp³-hybridized carbons (Fsp3) is 0.600. The molecule has 0 aliphatic rings. The maximum atomic E-state index is 13.1. The van der Waals surface area contributed by atoms with Crippen LogP contribution in [0, 0.1) is 13.8 Å². The normalized spacial score (nSPS) is 11.6. The number of carbonyl (C=O) groups is 2. The van der Waals surface area contributed by atoms with Crippen molar-refractivity contribution >= 4 is 23.2 Å². The van der Waals surface area contributed by atoms with Gasteiger partial charge in [-0.1, -0.05) is 52.4 Å². The summed E-state index contributed by atoms with van der Waals surface area (Å²) >= 11 is 0. The van der Waals surface area contributed by atoms with E-state index >= 15 is 0 Å². The van der Waals surface area contributed by atoms with Gasteiger partial charge in [0.05, 0.1) is 13.1 Å². The van der Waals surface area contributed by atoms with Gasteiger partial charge in [0.25, 0.3) is 22.9 Å². The molecule has 0 spiro atoms. The third-order valence-corrected chi connectivity index (χ3v) is 7.39. The van der Waals surface area contributed by atoms with Crippen molar-refractivity contribution in [3.05, 3.63) is 43.0 Å². The van der Waals surface area contributed by atoms with Gasteiger partial charge < -0.3 is 21.7 Å². The van der Waals surface area contributed by atoms with Crippen LogP contribution in [0.15, 0.2) is 30.0 Å². The van der Waals surface area contributed by atoms with Crippen LogP contribution in [0.5, 0.6) is 11.8 Å². The Kier molecular flexibility index (Phi) is 14.4. The molecule has 0 atom stereocenters. The summed E-state index contributed by atoms with van der Waals surface area (Å²) in [7, 11) is 0. The molecule has 0 aliphatic heterocycles. The van der Waals surface area contributed by atoms with Gasteiger partial charge in [-0.15, -0.1) is 10.2 Å². The lowest BCUT2D eigenvalue weighted by atomic mass is 10.1. The minimum absolute atomic E-state index is 0.0362. The van der Waals surface area contributed by atoms with E-state index in [9.17, 15) is 29.4 Å². The van der Waals surface area contributed by atoms with Crippen LogP contribution < -0.4 is 22.6 Å². The molecule has 0 fully saturated rings. The average Bonchev–Trinajstić information content (AvgIpc) is 2.96. The minimum Gasteiger partial charge on any atom is -0.494 e. The Hall–Kier alpha value is -4.36. The SMILES string of the molecule is CCCCCN=Nc1c(C)c(C(N)=O)c(O)n(CCCCCCn2c(O)c(C(N)=O)c(C)c(N=NCCCCC)c2=O)c1=O. The van der Waals surface area contributed by atoms with E-state index in [-0.39, 0.29) is 46.7 Å². The lowest BCUT2D eigenvalue weighted by Crippen LogP contribution is -2.26. The number of primary amides is 2. The number of pyridine rings is 2. The van der Waals surface area contributed by atoms with Crippen molar-refractivity contribution in [1.29, 1.82) is 0 Å². The summed E-state index contributed by atoms with van der Waals surface area (Å²) in [6, 6.07) is 0. The number of amides is 2. The minimum atomic E-state index is -0.880. The van der Waals surface area contributed by atoms with Crippen LogP contribution >= 0.6 is 0 Å². The van der Waals surface area contributed by atoms with E-state index in [1.54, 1.807) is 0 Å². The lowest BCUT2D eigenvalue weighted by Gasteiger charge is -2.15. The Morgan fingerprint density at radius 3 is 1.32 bits per heavy atom. The number of azo groups is 2. The van der Waals surface area contributed by atoms with E-state index in [0.717, 1.165) is 47.7 Å². The Bertz CT molecular complexity index is 1380. The first-order valence-electron chi connectivity index (χ1n) is 15.3. The van der Waals surface area contributed by atoms with Crippen molar-refractivity contribution in [2.45, 2.75) is 105 Å². The van der Waals surface area contributed by atoms with Gasteiger partial charge in [-0.2, -0.15) is 10.2 Å². The van der Waals surface area contributed by atoms with Crippen LogP contribution in [-0.2, 0) is 13.1 Å². The molecule has 0 unspecified atom stereocenters. The predicted octanol–water partition coefficient (Wildman–Crippen LogP) is 5.04. The summed E-state index contributed by atoms with van der Waals surface area (Å²) in [5.74, 6) is -2.79. The number of nitrogens with two attached hydrogens (primary N) is 2. The molecule has 14 nitrogen and oxygen atoms in total. The summed E-state index contributed by atoms with van der Waals surface area (Å²) in [6.45, 7) is 8.17. The first-order chi connectivity index (χ1) is 21.0. The fourth-order valence-electron chi connectivity index (χ4n) is 4.85. The van der Waals surface area contributed by atoms with Gasteiger partial charge in [0.15, 0.2) is 11.4 Å². The summed E-state index contributed by atoms with van der Waals surface area (Å²) in [5, 5.41) is 37.7. The molecule has 2 aromatic heterocycles. The van der Waals surface area contributed by atoms with Crippen LogP contribution in [-0.4, -0.2) is 44.3 Å². The molecule has 242 valence electrons. The number of carbonyl (C=O) groups excluding carboxylic acids is 2. The van der Waals surface area contributed by atoms with E-state index in [0.29, 0.717) is 38.8 Å². The number of hydrogen-bond donors (Lipinski definition) is 4. The summed E-state index contributed by atoms with van der Waals surface area (Å²) in [5.41, 5.74) is 9.76. The molecule has 0 saturated carbocycles. The molecule has 14 heteroatoms. The number of nitrogens with zero attached hydrogens (tertiary/aromatic N) is 6. The van der Waals surface area contributed by atoms with Gasteiger partial charge in [-0.3, -0.25) is 28.3 Å². The molecule has 6 N–H and O–H groups in total. The van der Waals surface area contributed by atoms with Crippen molar-refractivity contribution in [3.8, 4) is 11.8 Å². The van der Waals surface area contributed by atoms with Crippen LogP contribution in [0.4, 0.5) is 11.4 Å². The molecule has 0 aromatic carbocycles. The second-order valence-electron chi connectivity index (χ2n) is 10.7. The van der Waals surface area contributed by atoms with Crippen LogP contribution in [0.1, 0.15) is 110 Å². The highest BCUT2D eigenvalue weighted by Gasteiger charge is 2.24. The molecule has 2 rings (SSSR count). The smallest absolute Gasteiger partial charge is 0.281 e. The van der Waals surface area contributed by atoms with E-state index in [1.165, 1.54) is 13.8 Å². The third-order valence-electron chi connectivity index (χ3n) is 7.39. The van der Waals surface area contributed by atoms with Crippen molar-refractivity contribution < 1.29 is 19.8 Å². The zero-order valence-electron chi connectivity index (χ0n) is 26.3. The first-order valence-corrected chi connectivity index (χ1v) is 15.3. The van der Waals surface area contributed by atoms with E-state index < -0.39 is 34.7 Å². The molecule has 2 aromatic rings. The lowest BCUT2D eigenvalue weighted by molar-refractivity contribution is 0.0986. The van der Waals surface area contributed by atoms with E-state index in [2.05, 4.69) is 34.3 Å². The zero-order chi connectivity index (χ0) is 32.8. The number of unbranched alkanes of at least 4 members (excludes halogenated alkanes) is 7. The van der Waals surface area contributed by atoms with Gasteiger partial charge in [0.2, 0.25) is 11.8 Å². The number of aromatic nitrogens is 2. The predicted molar refractivity (Wildman–Crippen MR) is 168 cm³/mol. The maximum Gasteiger partial charge on any atom is 0.281 e. The van der Waals surface area contributed by atoms with Crippen LogP contribution in [0.2, 0.25) is 0 Å². The van der Waals surface area contributed by atoms with Crippen molar-refractivity contribution in [2.75, 3.05) is 13.1 Å². The van der Waals surface area contributed by atoms with Gasteiger partial charge in [-0.05, 0) is 39.5 Å². The van der Waals surface area contributed by atoms with E-state index in [4.69, 9.17) is 11.5 Å². The molecule has 2 amide bonds. The highest BCUT2D eigenvalue weighted by Crippen LogP contribution is 2.28. The fourth-order valence-corrected chi connectivity index (χ4v) is 4.85. The Labute approximate surface area is 256 Å². The monoisotopic (exact) mass is 614 g/mol. The second-order valence-corrected chi connectivity index (χ2v) is 10.7. The zero-order valence-corrected chi connectivity index (χ0v) is 26.3. The highest BCUT2D eigenvalue weighted by atomic mass is 16.3. The maximum absolute atomic E-state index is 13.1. The molecule has 0 bridgehead atoms. The Balaban J connectivity index is 2.16. The summed E-state index contributed by atoms with van der Waals surface area (Å²) < 4.78 is 2.14. The molecule has 0 saturated heterocycles. The van der Waals surface area contributed by atoms with E-state index in [1.807, 2.05) is 0 Å². The number of rotatable bonds is 19. The summed E-state index contributed by atoms with van der Waals surface area (Å²) in [6.07, 6.45) is 7.64. The molecule has 0 aliphatic carbocycles. The first kappa shape index (κ1) is 35.8. The molecular weight excluding hydrogens is 568 g/mol. The summed E-state index contributed by atoms with van der Waals surface area (Å²) in [4.78, 5) is 50.4. The Morgan fingerprint density at radius 1 is 0.636 bits per heavy atom. The quantitative estimate of drug-likeness (QED) is 0.125. The van der Waals surface area contributed by atoms with Gasteiger partial charge >= 0.3 is 0 Å². The molecule has 44 heavy (non-hydrogen) atoms. The molecule has 0 radical (unpaired) electrons. The average molecular weight is 615 g/mol. The highest BCUT2D eigenvalue weighted by molar-refractivity contribution is 5.98. The third kappa shape index (κ3) is 9.07. The van der Waals surface area contributed by atoms with Gasteiger partial charge in [0.1, 0.15) is 11.1 Å². The molecule has 2 heterocycles. The van der Waals surface area contributed by atoms with Crippen LogP contribution in [0.25, 0.3) is 0 Å².